The van der Waals surface area contributed by atoms with Crippen molar-refractivity contribution in [2.24, 2.45) is 5.73 Å². The van der Waals surface area contributed by atoms with Crippen LogP contribution in [0.25, 0.3) is 17.0 Å². The van der Waals surface area contributed by atoms with Gasteiger partial charge >= 0.3 is 0 Å². The number of imidazole rings is 1. The number of anilines is 1. The molecule has 0 spiro atoms. The van der Waals surface area contributed by atoms with Gasteiger partial charge in [0.05, 0.1) is 17.9 Å². The molecule has 1 aliphatic heterocycles. The van der Waals surface area contributed by atoms with Gasteiger partial charge in [-0.25, -0.2) is 18.9 Å². The van der Waals surface area contributed by atoms with Crippen LogP contribution in [0.4, 0.5) is 10.2 Å². The third-order valence-corrected chi connectivity index (χ3v) is 5.39. The quantitative estimate of drug-likeness (QED) is 0.565. The van der Waals surface area contributed by atoms with Gasteiger partial charge < -0.3 is 10.6 Å². The first kappa shape index (κ1) is 18.2. The minimum Gasteiger partial charge on any atom is -0.364 e. The van der Waals surface area contributed by atoms with Crippen molar-refractivity contribution in [1.29, 1.82) is 0 Å². The van der Waals surface area contributed by atoms with Gasteiger partial charge in [-0.1, -0.05) is 18.2 Å². The number of hydrogen-bond donors (Lipinski definition) is 1. The van der Waals surface area contributed by atoms with Gasteiger partial charge in [-0.2, -0.15) is 0 Å². The summed E-state index contributed by atoms with van der Waals surface area (Å²) in [6.07, 6.45) is 3.61. The second kappa shape index (κ2) is 7.22. The van der Waals surface area contributed by atoms with E-state index in [2.05, 4.69) is 14.9 Å². The van der Waals surface area contributed by atoms with Crippen molar-refractivity contribution in [3.63, 3.8) is 0 Å². The molecular formula is C22H19FN6O. The normalized spacial score (nSPS) is 16.3. The maximum absolute atomic E-state index is 13.8. The first-order chi connectivity index (χ1) is 14.6. The standard InChI is InChI=1S/C22H19FN6O/c23-15-5-1-4-14(12-15)18-8-3-11-28(18)21-10-9-20-25-13-19(29(20)27-21)16-6-2-7-17(26-16)22(24)30/h1-2,4-7,9-10,12-13,18H,3,8,11H2,(H2,24,30)/t18-/m1/s1. The molecule has 5 rings (SSSR count). The van der Waals surface area contributed by atoms with Crippen molar-refractivity contribution in [1.82, 2.24) is 19.6 Å². The molecule has 1 saturated heterocycles. The van der Waals surface area contributed by atoms with Crippen molar-refractivity contribution in [3.8, 4) is 11.4 Å². The van der Waals surface area contributed by atoms with E-state index in [9.17, 15) is 9.18 Å². The third kappa shape index (κ3) is 3.16. The number of hydrogen-bond acceptors (Lipinski definition) is 5. The number of carbonyl (C=O) groups is 1. The lowest BCUT2D eigenvalue weighted by atomic mass is 10.0. The topological polar surface area (TPSA) is 89.4 Å². The van der Waals surface area contributed by atoms with E-state index in [-0.39, 0.29) is 17.6 Å². The lowest BCUT2D eigenvalue weighted by Crippen LogP contribution is -2.24. The van der Waals surface area contributed by atoms with Crippen LogP contribution < -0.4 is 10.6 Å². The Kier molecular flexibility index (Phi) is 4.39. The molecule has 1 amide bonds. The maximum atomic E-state index is 13.8. The number of aromatic nitrogens is 4. The van der Waals surface area contributed by atoms with Gasteiger partial charge in [-0.3, -0.25) is 4.79 Å². The number of nitrogens with two attached hydrogens (primary N) is 1. The molecule has 4 heterocycles. The van der Waals surface area contributed by atoms with Gasteiger partial charge in [0.15, 0.2) is 5.65 Å². The average molecular weight is 402 g/mol. The molecule has 0 saturated carbocycles. The van der Waals surface area contributed by atoms with Gasteiger partial charge in [-0.05, 0) is 54.8 Å². The highest BCUT2D eigenvalue weighted by molar-refractivity contribution is 5.91. The number of benzene rings is 1. The largest absolute Gasteiger partial charge is 0.364 e. The lowest BCUT2D eigenvalue weighted by Gasteiger charge is -2.26. The second-order valence-electron chi connectivity index (χ2n) is 7.28. The minimum atomic E-state index is -0.589. The molecule has 7 nitrogen and oxygen atoms in total. The number of nitrogens with zero attached hydrogens (tertiary/aromatic N) is 5. The number of amides is 1. The zero-order chi connectivity index (χ0) is 20.7. The molecule has 0 bridgehead atoms. The SMILES string of the molecule is NC(=O)c1cccc(-c2cnc3ccc(N4CCC[C@@H]4c4cccc(F)c4)nn23)n1. The summed E-state index contributed by atoms with van der Waals surface area (Å²) in [5.74, 6) is -0.0473. The molecule has 0 unspecified atom stereocenters. The van der Waals surface area contributed by atoms with E-state index >= 15 is 0 Å². The Morgan fingerprint density at radius 3 is 2.83 bits per heavy atom. The average Bonchev–Trinajstić information content (AvgIpc) is 3.40. The van der Waals surface area contributed by atoms with Crippen LogP contribution in [0.15, 0.2) is 60.8 Å². The van der Waals surface area contributed by atoms with E-state index in [1.54, 1.807) is 41.0 Å². The number of primary amides is 1. The predicted octanol–water partition coefficient (Wildman–Crippen LogP) is 3.37. The molecule has 1 fully saturated rings. The summed E-state index contributed by atoms with van der Waals surface area (Å²) in [5, 5.41) is 4.80. The van der Waals surface area contributed by atoms with Gasteiger partial charge in [-0.15, -0.1) is 5.10 Å². The van der Waals surface area contributed by atoms with Crippen LogP contribution in [0.3, 0.4) is 0 Å². The van der Waals surface area contributed by atoms with Crippen molar-refractivity contribution in [3.05, 3.63) is 77.9 Å². The van der Waals surface area contributed by atoms with E-state index in [1.807, 2.05) is 18.2 Å². The van der Waals surface area contributed by atoms with Gasteiger partial charge in [0.1, 0.15) is 23.0 Å². The number of pyridine rings is 1. The molecule has 0 aliphatic carbocycles. The smallest absolute Gasteiger partial charge is 0.267 e. The Morgan fingerprint density at radius 1 is 1.13 bits per heavy atom. The molecule has 2 N–H and O–H groups in total. The maximum Gasteiger partial charge on any atom is 0.267 e. The minimum absolute atomic E-state index is 0.0638. The monoisotopic (exact) mass is 402 g/mol. The third-order valence-electron chi connectivity index (χ3n) is 5.39. The van der Waals surface area contributed by atoms with Crippen molar-refractivity contribution in [2.75, 3.05) is 11.4 Å². The van der Waals surface area contributed by atoms with E-state index < -0.39 is 5.91 Å². The predicted molar refractivity (Wildman–Crippen MR) is 110 cm³/mol. The highest BCUT2D eigenvalue weighted by Gasteiger charge is 2.28. The van der Waals surface area contributed by atoms with Crippen molar-refractivity contribution in [2.45, 2.75) is 18.9 Å². The number of carbonyl (C=O) groups excluding carboxylic acids is 1. The molecule has 30 heavy (non-hydrogen) atoms. The zero-order valence-corrected chi connectivity index (χ0v) is 16.1. The zero-order valence-electron chi connectivity index (χ0n) is 16.1. The van der Waals surface area contributed by atoms with Crippen LogP contribution in [0.1, 0.15) is 34.9 Å². The van der Waals surface area contributed by atoms with Crippen LogP contribution in [-0.2, 0) is 0 Å². The Hall–Kier alpha value is -3.81. The highest BCUT2D eigenvalue weighted by Crippen LogP contribution is 2.35. The fourth-order valence-electron chi connectivity index (χ4n) is 4.01. The Bertz CT molecular complexity index is 1250. The van der Waals surface area contributed by atoms with Crippen LogP contribution in [-0.4, -0.2) is 32.0 Å². The van der Waals surface area contributed by atoms with Crippen LogP contribution in [0.5, 0.6) is 0 Å². The summed E-state index contributed by atoms with van der Waals surface area (Å²) in [7, 11) is 0. The van der Waals surface area contributed by atoms with Crippen LogP contribution in [0.2, 0.25) is 0 Å². The summed E-state index contributed by atoms with van der Waals surface area (Å²) in [5.41, 5.74) is 8.38. The first-order valence-corrected chi connectivity index (χ1v) is 9.74. The fraction of sp³-hybridized carbons (Fsp3) is 0.182. The molecule has 1 aliphatic rings. The summed E-state index contributed by atoms with van der Waals surface area (Å²) < 4.78 is 15.5. The molecule has 3 aromatic heterocycles. The fourth-order valence-corrected chi connectivity index (χ4v) is 4.01. The van der Waals surface area contributed by atoms with E-state index in [4.69, 9.17) is 10.8 Å². The first-order valence-electron chi connectivity index (χ1n) is 9.74. The van der Waals surface area contributed by atoms with Crippen molar-refractivity contribution >= 4 is 17.4 Å². The number of rotatable bonds is 4. The lowest BCUT2D eigenvalue weighted by molar-refractivity contribution is 0.0995. The van der Waals surface area contributed by atoms with E-state index in [0.29, 0.717) is 17.0 Å². The second-order valence-corrected chi connectivity index (χ2v) is 7.28. The van der Waals surface area contributed by atoms with Crippen LogP contribution >= 0.6 is 0 Å². The Morgan fingerprint density at radius 2 is 2.00 bits per heavy atom. The van der Waals surface area contributed by atoms with Crippen LogP contribution in [0, 0.1) is 5.82 Å². The Balaban J connectivity index is 1.56. The molecule has 4 aromatic rings. The molecule has 0 radical (unpaired) electrons. The van der Waals surface area contributed by atoms with Crippen molar-refractivity contribution < 1.29 is 9.18 Å². The summed E-state index contributed by atoms with van der Waals surface area (Å²) in [6.45, 7) is 0.832. The Labute approximate surface area is 172 Å². The highest BCUT2D eigenvalue weighted by atomic mass is 19.1. The molecule has 150 valence electrons. The molecular weight excluding hydrogens is 383 g/mol. The summed E-state index contributed by atoms with van der Waals surface area (Å²) >= 11 is 0. The molecule has 1 aromatic carbocycles. The van der Waals surface area contributed by atoms with Gasteiger partial charge in [0.25, 0.3) is 5.91 Å². The molecule has 8 heteroatoms. The summed E-state index contributed by atoms with van der Waals surface area (Å²) in [6, 6.07) is 15.7. The van der Waals surface area contributed by atoms with Gasteiger partial charge in [0, 0.05) is 6.54 Å². The van der Waals surface area contributed by atoms with E-state index in [1.165, 1.54) is 6.07 Å². The number of halogens is 1. The van der Waals surface area contributed by atoms with E-state index in [0.717, 1.165) is 30.8 Å². The number of fused-ring (bicyclic) bond motifs is 1. The van der Waals surface area contributed by atoms with Gasteiger partial charge in [0.2, 0.25) is 0 Å². The molecule has 1 atom stereocenters. The summed E-state index contributed by atoms with van der Waals surface area (Å²) in [4.78, 5) is 22.4.